The molecule has 0 unspecified atom stereocenters. The van der Waals surface area contributed by atoms with Crippen molar-refractivity contribution < 1.29 is 4.79 Å². The smallest absolute Gasteiger partial charge is 0.269 e. The summed E-state index contributed by atoms with van der Waals surface area (Å²) < 4.78 is 1.84. The van der Waals surface area contributed by atoms with E-state index in [4.69, 9.17) is 11.6 Å². The highest BCUT2D eigenvalue weighted by molar-refractivity contribution is 6.67. The summed E-state index contributed by atoms with van der Waals surface area (Å²) in [6, 6.07) is 17.8. The Hall–Kier alpha value is -2.65. The highest BCUT2D eigenvalue weighted by Crippen LogP contribution is 2.29. The van der Waals surface area contributed by atoms with Crippen molar-refractivity contribution >= 4 is 38.5 Å². The second kappa shape index (κ2) is 5.21. The summed E-state index contributed by atoms with van der Waals surface area (Å²) in [6.07, 6.45) is 1.75. The standard InChI is InChI=1S/C19H13ClN2O/c1-12-6-7-16-14(10-12)11-17(18(20)23)22(16)19-15-5-3-2-4-13(15)8-9-21-19/h2-11H,1H3. The molecule has 0 aliphatic carbocycles. The first-order valence-corrected chi connectivity index (χ1v) is 7.69. The predicted molar refractivity (Wildman–Crippen MR) is 93.5 cm³/mol. The molecule has 4 aromatic rings. The lowest BCUT2D eigenvalue weighted by atomic mass is 10.1. The molecule has 3 nitrogen and oxygen atoms in total. The van der Waals surface area contributed by atoms with Crippen molar-refractivity contribution in [3.8, 4) is 5.82 Å². The minimum absolute atomic E-state index is 0.427. The van der Waals surface area contributed by atoms with Crippen molar-refractivity contribution in [2.24, 2.45) is 0 Å². The zero-order chi connectivity index (χ0) is 16.0. The molecule has 0 aliphatic rings. The van der Waals surface area contributed by atoms with Gasteiger partial charge in [0, 0.05) is 17.0 Å². The lowest BCUT2D eigenvalue weighted by molar-refractivity contribution is 0.107. The number of rotatable bonds is 2. The molecule has 2 aromatic heterocycles. The summed E-state index contributed by atoms with van der Waals surface area (Å²) in [5.41, 5.74) is 2.48. The van der Waals surface area contributed by atoms with Gasteiger partial charge in [0.25, 0.3) is 5.24 Å². The summed E-state index contributed by atoms with van der Waals surface area (Å²) in [5, 5.41) is 2.53. The Kier molecular flexibility index (Phi) is 3.17. The molecule has 112 valence electrons. The summed E-state index contributed by atoms with van der Waals surface area (Å²) in [4.78, 5) is 16.5. The second-order valence-electron chi connectivity index (χ2n) is 5.56. The molecule has 0 spiro atoms. The van der Waals surface area contributed by atoms with Crippen LogP contribution in [0, 0.1) is 6.92 Å². The van der Waals surface area contributed by atoms with Crippen molar-refractivity contribution in [2.45, 2.75) is 6.92 Å². The van der Waals surface area contributed by atoms with E-state index in [1.165, 1.54) is 0 Å². The Balaban J connectivity index is 2.15. The van der Waals surface area contributed by atoms with Gasteiger partial charge in [0.05, 0.1) is 5.52 Å². The fourth-order valence-corrected chi connectivity index (χ4v) is 3.13. The Morgan fingerprint density at radius 2 is 1.87 bits per heavy atom. The van der Waals surface area contributed by atoms with E-state index in [-0.39, 0.29) is 0 Å². The molecular weight excluding hydrogens is 308 g/mol. The third-order valence-electron chi connectivity index (χ3n) is 4.02. The lowest BCUT2D eigenvalue weighted by Crippen LogP contribution is -2.05. The lowest BCUT2D eigenvalue weighted by Gasteiger charge is -2.11. The number of carbonyl (C=O) groups is 1. The van der Waals surface area contributed by atoms with Crippen LogP contribution in [0.15, 0.2) is 60.8 Å². The fraction of sp³-hybridized carbons (Fsp3) is 0.0526. The highest BCUT2D eigenvalue weighted by Gasteiger charge is 2.17. The zero-order valence-corrected chi connectivity index (χ0v) is 13.2. The van der Waals surface area contributed by atoms with Crippen LogP contribution in [0.3, 0.4) is 0 Å². The number of hydrogen-bond acceptors (Lipinski definition) is 2. The normalized spacial score (nSPS) is 11.2. The van der Waals surface area contributed by atoms with Crippen molar-refractivity contribution in [3.05, 3.63) is 72.1 Å². The largest absolute Gasteiger partial charge is 0.289 e. The van der Waals surface area contributed by atoms with Crippen molar-refractivity contribution in [1.82, 2.24) is 9.55 Å². The van der Waals surface area contributed by atoms with E-state index < -0.39 is 5.24 Å². The number of benzene rings is 2. The van der Waals surface area contributed by atoms with Gasteiger partial charge in [-0.05, 0) is 48.2 Å². The van der Waals surface area contributed by atoms with Crippen LogP contribution in [-0.4, -0.2) is 14.8 Å². The van der Waals surface area contributed by atoms with Gasteiger partial charge in [-0.25, -0.2) is 4.98 Å². The quantitative estimate of drug-likeness (QED) is 0.494. The molecule has 0 bridgehead atoms. The topological polar surface area (TPSA) is 34.9 Å². The monoisotopic (exact) mass is 320 g/mol. The number of nitrogens with zero attached hydrogens (tertiary/aromatic N) is 2. The zero-order valence-electron chi connectivity index (χ0n) is 12.5. The molecule has 0 saturated heterocycles. The van der Waals surface area contributed by atoms with Gasteiger partial charge in [0.1, 0.15) is 11.5 Å². The number of hydrogen-bond donors (Lipinski definition) is 0. The van der Waals surface area contributed by atoms with Gasteiger partial charge >= 0.3 is 0 Å². The van der Waals surface area contributed by atoms with Crippen LogP contribution in [0.5, 0.6) is 0 Å². The van der Waals surface area contributed by atoms with E-state index in [0.717, 1.165) is 27.2 Å². The van der Waals surface area contributed by atoms with Gasteiger partial charge < -0.3 is 0 Å². The molecule has 0 N–H and O–H groups in total. The van der Waals surface area contributed by atoms with E-state index in [1.54, 1.807) is 6.20 Å². The van der Waals surface area contributed by atoms with E-state index in [2.05, 4.69) is 4.98 Å². The van der Waals surface area contributed by atoms with Crippen LogP contribution in [0.4, 0.5) is 0 Å². The molecule has 0 saturated carbocycles. The van der Waals surface area contributed by atoms with Gasteiger partial charge in [-0.2, -0.15) is 0 Å². The third-order valence-corrected chi connectivity index (χ3v) is 4.22. The number of aromatic nitrogens is 2. The predicted octanol–water partition coefficient (Wildman–Crippen LogP) is 4.87. The molecular formula is C19H13ClN2O. The van der Waals surface area contributed by atoms with Crippen LogP contribution in [0.25, 0.3) is 27.5 Å². The summed E-state index contributed by atoms with van der Waals surface area (Å²) in [7, 11) is 0. The third kappa shape index (κ3) is 2.21. The first-order chi connectivity index (χ1) is 11.1. The molecule has 4 heteroatoms. The Labute approximate surface area is 138 Å². The van der Waals surface area contributed by atoms with Gasteiger partial charge in [-0.15, -0.1) is 0 Å². The van der Waals surface area contributed by atoms with Crippen LogP contribution in [-0.2, 0) is 0 Å². The van der Waals surface area contributed by atoms with E-state index in [0.29, 0.717) is 11.5 Å². The van der Waals surface area contributed by atoms with Crippen LogP contribution >= 0.6 is 11.6 Å². The Morgan fingerprint density at radius 1 is 1.04 bits per heavy atom. The molecule has 4 rings (SSSR count). The van der Waals surface area contributed by atoms with Gasteiger partial charge in [-0.3, -0.25) is 9.36 Å². The van der Waals surface area contributed by atoms with Gasteiger partial charge in [0.15, 0.2) is 0 Å². The molecule has 0 fully saturated rings. The first-order valence-electron chi connectivity index (χ1n) is 7.31. The summed E-state index contributed by atoms with van der Waals surface area (Å²) in [5.74, 6) is 0.714. The van der Waals surface area contributed by atoms with Crippen molar-refractivity contribution in [1.29, 1.82) is 0 Å². The number of fused-ring (bicyclic) bond motifs is 2. The molecule has 2 heterocycles. The fourth-order valence-electron chi connectivity index (χ4n) is 2.99. The molecule has 0 radical (unpaired) electrons. The SMILES string of the molecule is Cc1ccc2c(c1)cc(C(=O)Cl)n2-c1nccc2ccccc12. The minimum atomic E-state index is -0.492. The van der Waals surface area contributed by atoms with E-state index >= 15 is 0 Å². The summed E-state index contributed by atoms with van der Waals surface area (Å²) in [6.45, 7) is 2.02. The maximum absolute atomic E-state index is 11.9. The van der Waals surface area contributed by atoms with Gasteiger partial charge in [-0.1, -0.05) is 35.9 Å². The van der Waals surface area contributed by atoms with Crippen molar-refractivity contribution in [3.63, 3.8) is 0 Å². The van der Waals surface area contributed by atoms with Crippen molar-refractivity contribution in [2.75, 3.05) is 0 Å². The first kappa shape index (κ1) is 14.0. The summed E-state index contributed by atoms with van der Waals surface area (Å²) >= 11 is 5.83. The highest BCUT2D eigenvalue weighted by atomic mass is 35.5. The Bertz CT molecular complexity index is 1060. The number of pyridine rings is 1. The second-order valence-corrected chi connectivity index (χ2v) is 5.90. The maximum Gasteiger partial charge on any atom is 0.269 e. The average Bonchev–Trinajstić information content (AvgIpc) is 2.93. The Morgan fingerprint density at radius 3 is 2.70 bits per heavy atom. The van der Waals surface area contributed by atoms with Crippen LogP contribution in [0.2, 0.25) is 0 Å². The van der Waals surface area contributed by atoms with E-state index in [9.17, 15) is 4.79 Å². The molecule has 0 atom stereocenters. The molecule has 0 aliphatic heterocycles. The number of halogens is 1. The molecule has 23 heavy (non-hydrogen) atoms. The van der Waals surface area contributed by atoms with E-state index in [1.807, 2.05) is 66.1 Å². The number of carbonyl (C=O) groups excluding carboxylic acids is 1. The van der Waals surface area contributed by atoms with Gasteiger partial charge in [0.2, 0.25) is 0 Å². The van der Waals surface area contributed by atoms with Crippen LogP contribution < -0.4 is 0 Å². The maximum atomic E-state index is 11.9. The van der Waals surface area contributed by atoms with Crippen LogP contribution in [0.1, 0.15) is 16.1 Å². The molecule has 2 aromatic carbocycles. The average molecular weight is 321 g/mol. The number of aryl methyl sites for hydroxylation is 1. The molecule has 0 amide bonds. The minimum Gasteiger partial charge on any atom is -0.289 e.